The summed E-state index contributed by atoms with van der Waals surface area (Å²) in [6.45, 7) is 0.493. The van der Waals surface area contributed by atoms with Gasteiger partial charge >= 0.3 is 6.03 Å². The minimum Gasteiger partial charge on any atom is -0.489 e. The van der Waals surface area contributed by atoms with E-state index in [0.717, 1.165) is 11.3 Å². The number of urea groups is 1. The molecule has 0 fully saturated rings. The molecule has 128 valence electrons. The van der Waals surface area contributed by atoms with E-state index in [-0.39, 0.29) is 6.03 Å². The van der Waals surface area contributed by atoms with Crippen molar-refractivity contribution in [3.05, 3.63) is 90.0 Å². The number of benzene rings is 3. The van der Waals surface area contributed by atoms with E-state index in [1.165, 1.54) is 0 Å². The van der Waals surface area contributed by atoms with Crippen LogP contribution in [-0.2, 0) is 6.61 Å². The zero-order chi connectivity index (χ0) is 18.2. The van der Waals surface area contributed by atoms with Crippen LogP contribution in [-0.4, -0.2) is 6.03 Å². The quantitative estimate of drug-likeness (QED) is 0.700. The van der Waals surface area contributed by atoms with Gasteiger partial charge in [-0.2, -0.15) is 5.26 Å². The first-order valence-corrected chi connectivity index (χ1v) is 8.08. The van der Waals surface area contributed by atoms with Crippen molar-refractivity contribution in [1.29, 1.82) is 5.26 Å². The molecule has 26 heavy (non-hydrogen) atoms. The van der Waals surface area contributed by atoms with Gasteiger partial charge in [0.05, 0.1) is 11.6 Å². The molecule has 0 aliphatic carbocycles. The molecule has 3 aromatic carbocycles. The van der Waals surface area contributed by atoms with Crippen LogP contribution < -0.4 is 15.4 Å². The molecule has 0 radical (unpaired) electrons. The summed E-state index contributed by atoms with van der Waals surface area (Å²) in [6, 6.07) is 25.4. The highest BCUT2D eigenvalue weighted by Gasteiger charge is 2.03. The Bertz CT molecular complexity index is 899. The molecule has 0 atom stereocenters. The van der Waals surface area contributed by atoms with Gasteiger partial charge in [0.2, 0.25) is 0 Å². The highest BCUT2D eigenvalue weighted by molar-refractivity contribution is 5.99. The van der Waals surface area contributed by atoms with Gasteiger partial charge in [0.25, 0.3) is 0 Å². The summed E-state index contributed by atoms with van der Waals surface area (Å²) in [5.74, 6) is 0.729. The third-order valence-corrected chi connectivity index (χ3v) is 3.63. The smallest absolute Gasteiger partial charge is 0.323 e. The van der Waals surface area contributed by atoms with Crippen molar-refractivity contribution >= 4 is 17.4 Å². The topological polar surface area (TPSA) is 74.2 Å². The summed E-state index contributed by atoms with van der Waals surface area (Å²) in [7, 11) is 0. The van der Waals surface area contributed by atoms with Gasteiger partial charge in [0, 0.05) is 11.4 Å². The number of rotatable bonds is 5. The van der Waals surface area contributed by atoms with E-state index in [1.807, 2.05) is 36.4 Å². The van der Waals surface area contributed by atoms with Gasteiger partial charge in [-0.25, -0.2) is 4.79 Å². The number of nitriles is 1. The molecule has 0 aliphatic heterocycles. The van der Waals surface area contributed by atoms with Crippen LogP contribution in [0.5, 0.6) is 5.75 Å². The summed E-state index contributed by atoms with van der Waals surface area (Å²) < 4.78 is 5.71. The van der Waals surface area contributed by atoms with Crippen LogP contribution in [0.2, 0.25) is 0 Å². The number of anilines is 2. The number of amides is 2. The van der Waals surface area contributed by atoms with Crippen LogP contribution in [0.3, 0.4) is 0 Å². The van der Waals surface area contributed by atoms with E-state index in [2.05, 4.69) is 10.6 Å². The molecule has 0 bridgehead atoms. The van der Waals surface area contributed by atoms with Gasteiger partial charge in [0.15, 0.2) is 0 Å². The lowest BCUT2D eigenvalue weighted by Crippen LogP contribution is -2.19. The molecule has 0 aliphatic rings. The second-order valence-electron chi connectivity index (χ2n) is 5.57. The Morgan fingerprint density at radius 1 is 0.846 bits per heavy atom. The Kier molecular flexibility index (Phi) is 5.48. The Hall–Kier alpha value is -3.78. The molecule has 0 aromatic heterocycles. The SMILES string of the molecule is N#Cc1ccc(NC(=O)Nc2ccc(OCc3ccccc3)cc2)cc1. The zero-order valence-electron chi connectivity index (χ0n) is 14.0. The van der Waals surface area contributed by atoms with Crippen molar-refractivity contribution in [2.45, 2.75) is 6.61 Å². The molecule has 0 saturated carbocycles. The number of carbonyl (C=O) groups is 1. The largest absolute Gasteiger partial charge is 0.489 e. The van der Waals surface area contributed by atoms with Crippen LogP contribution >= 0.6 is 0 Å². The number of nitrogens with one attached hydrogen (secondary N) is 2. The average Bonchev–Trinajstić information content (AvgIpc) is 2.69. The summed E-state index contributed by atoms with van der Waals surface area (Å²) in [5, 5.41) is 14.2. The molecule has 2 N–H and O–H groups in total. The van der Waals surface area contributed by atoms with Crippen molar-refractivity contribution in [2.24, 2.45) is 0 Å². The molecule has 3 rings (SSSR count). The maximum absolute atomic E-state index is 12.0. The van der Waals surface area contributed by atoms with Crippen molar-refractivity contribution in [3.8, 4) is 11.8 Å². The molecule has 0 spiro atoms. The van der Waals surface area contributed by atoms with Gasteiger partial charge in [-0.05, 0) is 54.1 Å². The number of carbonyl (C=O) groups excluding carboxylic acids is 1. The van der Waals surface area contributed by atoms with E-state index in [9.17, 15) is 4.79 Å². The Labute approximate surface area is 151 Å². The van der Waals surface area contributed by atoms with Crippen LogP contribution in [0.25, 0.3) is 0 Å². The Morgan fingerprint density at radius 2 is 1.42 bits per heavy atom. The third kappa shape index (κ3) is 4.86. The van der Waals surface area contributed by atoms with Crippen molar-refractivity contribution in [1.82, 2.24) is 0 Å². The predicted octanol–water partition coefficient (Wildman–Crippen LogP) is 4.78. The standard InChI is InChI=1S/C21H17N3O2/c22-14-16-6-8-18(9-7-16)23-21(25)24-19-10-12-20(13-11-19)26-15-17-4-2-1-3-5-17/h1-13H,15H2,(H2,23,24,25). The lowest BCUT2D eigenvalue weighted by Gasteiger charge is -2.09. The summed E-state index contributed by atoms with van der Waals surface area (Å²) >= 11 is 0. The predicted molar refractivity (Wildman–Crippen MR) is 101 cm³/mol. The first kappa shape index (κ1) is 17.1. The van der Waals surface area contributed by atoms with Crippen molar-refractivity contribution in [3.63, 3.8) is 0 Å². The number of nitrogens with zero attached hydrogens (tertiary/aromatic N) is 1. The second kappa shape index (κ2) is 8.36. The first-order chi connectivity index (χ1) is 12.7. The molecular formula is C21H17N3O2. The zero-order valence-corrected chi connectivity index (χ0v) is 14.0. The van der Waals surface area contributed by atoms with E-state index in [0.29, 0.717) is 23.5 Å². The van der Waals surface area contributed by atoms with Crippen LogP contribution in [0.15, 0.2) is 78.9 Å². The van der Waals surface area contributed by atoms with Gasteiger partial charge in [-0.3, -0.25) is 0 Å². The minimum atomic E-state index is -0.354. The van der Waals surface area contributed by atoms with E-state index in [4.69, 9.17) is 10.00 Å². The molecule has 0 unspecified atom stereocenters. The molecule has 3 aromatic rings. The average molecular weight is 343 g/mol. The lowest BCUT2D eigenvalue weighted by molar-refractivity contribution is 0.262. The van der Waals surface area contributed by atoms with Gasteiger partial charge < -0.3 is 15.4 Å². The van der Waals surface area contributed by atoms with Gasteiger partial charge in [-0.1, -0.05) is 30.3 Å². The van der Waals surface area contributed by atoms with Crippen LogP contribution in [0.4, 0.5) is 16.2 Å². The summed E-state index contributed by atoms with van der Waals surface area (Å²) in [4.78, 5) is 12.0. The third-order valence-electron chi connectivity index (χ3n) is 3.63. The van der Waals surface area contributed by atoms with E-state index < -0.39 is 0 Å². The Morgan fingerprint density at radius 3 is 2.00 bits per heavy atom. The molecule has 0 saturated heterocycles. The fourth-order valence-electron chi connectivity index (χ4n) is 2.30. The highest BCUT2D eigenvalue weighted by Crippen LogP contribution is 2.17. The fourth-order valence-corrected chi connectivity index (χ4v) is 2.30. The van der Waals surface area contributed by atoms with Crippen molar-refractivity contribution < 1.29 is 9.53 Å². The van der Waals surface area contributed by atoms with Crippen LogP contribution in [0, 0.1) is 11.3 Å². The summed E-state index contributed by atoms with van der Waals surface area (Å²) in [5.41, 5.74) is 2.91. The maximum atomic E-state index is 12.0. The normalized spacial score (nSPS) is 9.81. The molecule has 5 nitrogen and oxygen atoms in total. The van der Waals surface area contributed by atoms with E-state index >= 15 is 0 Å². The highest BCUT2D eigenvalue weighted by atomic mass is 16.5. The minimum absolute atomic E-state index is 0.354. The maximum Gasteiger partial charge on any atom is 0.323 e. The number of ether oxygens (including phenoxy) is 1. The first-order valence-electron chi connectivity index (χ1n) is 8.08. The van der Waals surface area contributed by atoms with Crippen molar-refractivity contribution in [2.75, 3.05) is 10.6 Å². The van der Waals surface area contributed by atoms with Gasteiger partial charge in [0.1, 0.15) is 12.4 Å². The molecule has 5 heteroatoms. The van der Waals surface area contributed by atoms with Gasteiger partial charge in [-0.15, -0.1) is 0 Å². The molecular weight excluding hydrogens is 326 g/mol. The monoisotopic (exact) mass is 343 g/mol. The fraction of sp³-hybridized carbons (Fsp3) is 0.0476. The number of hydrogen-bond acceptors (Lipinski definition) is 3. The van der Waals surface area contributed by atoms with E-state index in [1.54, 1.807) is 48.5 Å². The number of hydrogen-bond donors (Lipinski definition) is 2. The Balaban J connectivity index is 1.51. The van der Waals surface area contributed by atoms with Crippen LogP contribution in [0.1, 0.15) is 11.1 Å². The second-order valence-corrected chi connectivity index (χ2v) is 5.57. The summed E-state index contributed by atoms with van der Waals surface area (Å²) in [6.07, 6.45) is 0. The molecule has 0 heterocycles. The lowest BCUT2D eigenvalue weighted by atomic mass is 10.2. The molecule has 2 amide bonds.